The zero-order valence-corrected chi connectivity index (χ0v) is 20.2. The van der Waals surface area contributed by atoms with Crippen molar-refractivity contribution in [1.82, 2.24) is 24.1 Å². The smallest absolute Gasteiger partial charge is 0.265 e. The molecule has 0 spiro atoms. The van der Waals surface area contributed by atoms with E-state index in [0.29, 0.717) is 34.6 Å². The second-order valence-corrected chi connectivity index (χ2v) is 9.24. The van der Waals surface area contributed by atoms with Gasteiger partial charge in [-0.15, -0.1) is 0 Å². The molecule has 0 bridgehead atoms. The molecule has 0 radical (unpaired) electrons. The highest BCUT2D eigenvalue weighted by Gasteiger charge is 2.23. The Hall–Kier alpha value is -4.32. The number of nitrogens with zero attached hydrogens (tertiary/aromatic N) is 5. The Morgan fingerprint density at radius 2 is 1.43 bits per heavy atom. The topological polar surface area (TPSA) is 65.6 Å². The maximum Gasteiger partial charge on any atom is 0.265 e. The molecule has 6 nitrogen and oxygen atoms in total. The number of benzene rings is 3. The Labute approximate surface area is 202 Å². The van der Waals surface area contributed by atoms with Gasteiger partial charge in [-0.2, -0.15) is 0 Å². The van der Waals surface area contributed by atoms with Crippen LogP contribution in [0.3, 0.4) is 0 Å². The van der Waals surface area contributed by atoms with Crippen molar-refractivity contribution in [2.75, 3.05) is 0 Å². The number of hydrogen-bond acceptors (Lipinski definition) is 4. The number of aromatic nitrogens is 5. The highest BCUT2D eigenvalue weighted by molar-refractivity contribution is 6.06. The average Bonchev–Trinajstić information content (AvgIpc) is 3.15. The lowest BCUT2D eigenvalue weighted by atomic mass is 10.1. The average molecular weight is 460 g/mol. The molecule has 3 aromatic heterocycles. The summed E-state index contributed by atoms with van der Waals surface area (Å²) in [6.07, 6.45) is 0. The molecule has 0 saturated carbocycles. The van der Waals surface area contributed by atoms with Gasteiger partial charge in [-0.3, -0.25) is 13.9 Å². The van der Waals surface area contributed by atoms with Gasteiger partial charge in [0.1, 0.15) is 16.7 Å². The van der Waals surface area contributed by atoms with Crippen molar-refractivity contribution in [1.29, 1.82) is 0 Å². The van der Waals surface area contributed by atoms with E-state index in [0.717, 1.165) is 33.4 Å². The van der Waals surface area contributed by atoms with Crippen LogP contribution in [0.25, 0.3) is 38.9 Å². The van der Waals surface area contributed by atoms with E-state index in [1.54, 1.807) is 4.57 Å². The lowest BCUT2D eigenvalue weighted by Gasteiger charge is -2.13. The van der Waals surface area contributed by atoms with Gasteiger partial charge >= 0.3 is 0 Å². The van der Waals surface area contributed by atoms with Crippen LogP contribution in [0.2, 0.25) is 0 Å². The van der Waals surface area contributed by atoms with Crippen LogP contribution in [-0.4, -0.2) is 24.1 Å². The van der Waals surface area contributed by atoms with Crippen LogP contribution >= 0.6 is 0 Å². The largest absolute Gasteiger partial charge is 0.292 e. The first-order valence-corrected chi connectivity index (χ1v) is 11.7. The van der Waals surface area contributed by atoms with Gasteiger partial charge in [0.25, 0.3) is 5.56 Å². The summed E-state index contributed by atoms with van der Waals surface area (Å²) in [5.41, 5.74) is 8.64. The molecule has 6 rings (SSSR count). The number of rotatable bonds is 3. The van der Waals surface area contributed by atoms with Crippen LogP contribution in [0.15, 0.2) is 71.5 Å². The second-order valence-electron chi connectivity index (χ2n) is 9.24. The number of fused-ring (bicyclic) bond motifs is 4. The van der Waals surface area contributed by atoms with Gasteiger partial charge in [-0.1, -0.05) is 54.1 Å². The highest BCUT2D eigenvalue weighted by Crippen LogP contribution is 2.30. The van der Waals surface area contributed by atoms with Crippen molar-refractivity contribution in [2.24, 2.45) is 0 Å². The monoisotopic (exact) mass is 459 g/mol. The van der Waals surface area contributed by atoms with Crippen molar-refractivity contribution in [2.45, 2.75) is 34.2 Å². The Bertz CT molecular complexity index is 1830. The van der Waals surface area contributed by atoms with Gasteiger partial charge < -0.3 is 0 Å². The summed E-state index contributed by atoms with van der Waals surface area (Å²) >= 11 is 0. The number of hydrogen-bond donors (Lipinski definition) is 0. The molecule has 0 unspecified atom stereocenters. The standard InChI is InChI=1S/C29H25N5O/c1-17-10-13-21(14-11-17)16-33-20(4)30-27-25(29(33)35)26-28(32-23-8-6-5-7-22(23)31-26)34(27)24-15-18(2)9-12-19(24)3/h5-15H,16H2,1-4H3. The van der Waals surface area contributed by atoms with E-state index in [2.05, 4.69) is 63.2 Å². The van der Waals surface area contributed by atoms with Gasteiger partial charge in [-0.05, 0) is 62.6 Å². The third-order valence-electron chi connectivity index (χ3n) is 6.62. The summed E-state index contributed by atoms with van der Waals surface area (Å²) in [7, 11) is 0. The molecule has 3 aromatic carbocycles. The fraction of sp³-hybridized carbons (Fsp3) is 0.172. The first-order chi connectivity index (χ1) is 16.9. The van der Waals surface area contributed by atoms with Crippen LogP contribution in [0.1, 0.15) is 28.1 Å². The Morgan fingerprint density at radius 3 is 2.17 bits per heavy atom. The third-order valence-corrected chi connectivity index (χ3v) is 6.62. The number of aryl methyl sites for hydroxylation is 4. The number of para-hydroxylation sites is 2. The molecule has 6 aromatic rings. The molecule has 0 atom stereocenters. The van der Waals surface area contributed by atoms with E-state index in [-0.39, 0.29) is 5.56 Å². The molecule has 3 heterocycles. The van der Waals surface area contributed by atoms with Crippen LogP contribution in [0, 0.1) is 27.7 Å². The molecule has 6 heteroatoms. The predicted molar refractivity (Wildman–Crippen MR) is 140 cm³/mol. The van der Waals surface area contributed by atoms with Crippen molar-refractivity contribution in [3.8, 4) is 5.69 Å². The summed E-state index contributed by atoms with van der Waals surface area (Å²) in [5, 5.41) is 0.497. The van der Waals surface area contributed by atoms with E-state index < -0.39 is 0 Å². The van der Waals surface area contributed by atoms with Gasteiger partial charge in [0, 0.05) is 0 Å². The minimum atomic E-state index is -0.105. The highest BCUT2D eigenvalue weighted by atomic mass is 16.1. The summed E-state index contributed by atoms with van der Waals surface area (Å²) < 4.78 is 3.73. The fourth-order valence-electron chi connectivity index (χ4n) is 4.68. The van der Waals surface area contributed by atoms with Crippen molar-refractivity contribution >= 4 is 33.2 Å². The summed E-state index contributed by atoms with van der Waals surface area (Å²) in [5.74, 6) is 0.655. The molecule has 0 aliphatic heterocycles. The molecular formula is C29H25N5O. The van der Waals surface area contributed by atoms with Gasteiger partial charge in [0.05, 0.1) is 23.3 Å². The van der Waals surface area contributed by atoms with Gasteiger partial charge in [0.15, 0.2) is 11.3 Å². The summed E-state index contributed by atoms with van der Waals surface area (Å²) in [6.45, 7) is 8.51. The van der Waals surface area contributed by atoms with E-state index in [4.69, 9.17) is 15.0 Å². The Kier molecular flexibility index (Phi) is 4.78. The summed E-state index contributed by atoms with van der Waals surface area (Å²) in [4.78, 5) is 28.9. The molecule has 0 N–H and O–H groups in total. The fourth-order valence-corrected chi connectivity index (χ4v) is 4.68. The SMILES string of the molecule is Cc1ccc(Cn2c(C)nc3c(c2=O)c2nc4ccccc4nc2n3-c2cc(C)ccc2C)cc1. The summed E-state index contributed by atoms with van der Waals surface area (Å²) in [6, 6.07) is 22.3. The van der Waals surface area contributed by atoms with Crippen molar-refractivity contribution in [3.05, 3.63) is 105 Å². The van der Waals surface area contributed by atoms with E-state index in [9.17, 15) is 4.79 Å². The van der Waals surface area contributed by atoms with E-state index >= 15 is 0 Å². The van der Waals surface area contributed by atoms with E-state index in [1.807, 2.05) is 35.8 Å². The lowest BCUT2D eigenvalue weighted by molar-refractivity contribution is 0.711. The minimum absolute atomic E-state index is 0.105. The third kappa shape index (κ3) is 3.41. The normalized spacial score (nSPS) is 11.7. The molecule has 0 aliphatic carbocycles. The Balaban J connectivity index is 1.73. The first-order valence-electron chi connectivity index (χ1n) is 11.7. The second kappa shape index (κ2) is 7.87. The van der Waals surface area contributed by atoms with Crippen LogP contribution < -0.4 is 5.56 Å². The quantitative estimate of drug-likeness (QED) is 0.347. The zero-order chi connectivity index (χ0) is 24.3. The predicted octanol–water partition coefficient (Wildman–Crippen LogP) is 5.57. The molecule has 0 saturated heterocycles. The molecule has 0 fully saturated rings. The van der Waals surface area contributed by atoms with E-state index in [1.165, 1.54) is 5.56 Å². The molecule has 0 aliphatic rings. The first kappa shape index (κ1) is 21.2. The van der Waals surface area contributed by atoms with Crippen LogP contribution in [-0.2, 0) is 6.54 Å². The maximum atomic E-state index is 14.0. The minimum Gasteiger partial charge on any atom is -0.292 e. The zero-order valence-electron chi connectivity index (χ0n) is 20.2. The lowest BCUT2D eigenvalue weighted by Crippen LogP contribution is -2.24. The van der Waals surface area contributed by atoms with Gasteiger partial charge in [0.2, 0.25) is 0 Å². The Morgan fingerprint density at radius 1 is 0.743 bits per heavy atom. The van der Waals surface area contributed by atoms with Crippen molar-refractivity contribution < 1.29 is 0 Å². The molecular weight excluding hydrogens is 434 g/mol. The van der Waals surface area contributed by atoms with Gasteiger partial charge in [-0.25, -0.2) is 15.0 Å². The molecule has 35 heavy (non-hydrogen) atoms. The molecule has 172 valence electrons. The van der Waals surface area contributed by atoms with Crippen LogP contribution in [0.4, 0.5) is 0 Å². The van der Waals surface area contributed by atoms with Crippen LogP contribution in [0.5, 0.6) is 0 Å². The van der Waals surface area contributed by atoms with Crippen molar-refractivity contribution in [3.63, 3.8) is 0 Å². The maximum absolute atomic E-state index is 14.0. The molecule has 0 amide bonds.